The van der Waals surface area contributed by atoms with Gasteiger partial charge in [0.05, 0.1) is 0 Å². The van der Waals surface area contributed by atoms with Crippen LogP contribution in [0.1, 0.15) is 36.1 Å². The van der Waals surface area contributed by atoms with Crippen LogP contribution in [0.15, 0.2) is 84.9 Å². The molecule has 0 amide bonds. The monoisotopic (exact) mass is 430 g/mol. The van der Waals surface area contributed by atoms with Crippen LogP contribution >= 0.6 is 0 Å². The summed E-state index contributed by atoms with van der Waals surface area (Å²) in [5.41, 5.74) is 11.2. The van der Waals surface area contributed by atoms with E-state index in [-0.39, 0.29) is 11.5 Å². The second kappa shape index (κ2) is 8.48. The number of hydrogen-bond donors (Lipinski definition) is 2. The molecule has 5 rings (SSSR count). The SMILES string of the molecule is CC=Cc1cc(-c2ccc3c(c2-c2ccc(O)c(C=CC)c2)Cc2ccccc2-3)ccc1O. The number of benzene rings is 4. The zero-order valence-corrected chi connectivity index (χ0v) is 18.8. The summed E-state index contributed by atoms with van der Waals surface area (Å²) in [5, 5.41) is 20.7. The first-order valence-electron chi connectivity index (χ1n) is 11.3. The number of fused-ring (bicyclic) bond motifs is 3. The normalized spacial score (nSPS) is 12.4. The molecule has 2 heteroatoms. The first-order valence-corrected chi connectivity index (χ1v) is 11.3. The Balaban J connectivity index is 1.79. The van der Waals surface area contributed by atoms with Crippen LogP contribution in [0.25, 0.3) is 45.5 Å². The van der Waals surface area contributed by atoms with E-state index < -0.39 is 0 Å². The first-order chi connectivity index (χ1) is 16.1. The molecule has 2 nitrogen and oxygen atoms in total. The van der Waals surface area contributed by atoms with E-state index in [2.05, 4.69) is 42.5 Å². The molecule has 0 fully saturated rings. The molecular weight excluding hydrogens is 404 g/mol. The third kappa shape index (κ3) is 3.64. The molecule has 0 radical (unpaired) electrons. The van der Waals surface area contributed by atoms with Crippen molar-refractivity contribution in [3.8, 4) is 44.9 Å². The van der Waals surface area contributed by atoms with E-state index in [0.717, 1.165) is 34.2 Å². The Labute approximate surface area is 194 Å². The molecule has 1 aliphatic carbocycles. The molecule has 0 unspecified atom stereocenters. The fourth-order valence-electron chi connectivity index (χ4n) is 4.84. The minimum atomic E-state index is 0.270. The summed E-state index contributed by atoms with van der Waals surface area (Å²) in [6, 6.07) is 24.6. The third-order valence-electron chi connectivity index (χ3n) is 6.33. The van der Waals surface area contributed by atoms with Crippen LogP contribution < -0.4 is 0 Å². The van der Waals surface area contributed by atoms with Crippen molar-refractivity contribution < 1.29 is 10.2 Å². The zero-order chi connectivity index (χ0) is 22.9. The van der Waals surface area contributed by atoms with Crippen LogP contribution in [0.5, 0.6) is 11.5 Å². The highest BCUT2D eigenvalue weighted by atomic mass is 16.3. The van der Waals surface area contributed by atoms with Crippen LogP contribution in [0.2, 0.25) is 0 Å². The Kier molecular flexibility index (Phi) is 5.35. The molecule has 0 bridgehead atoms. The number of rotatable bonds is 4. The highest BCUT2D eigenvalue weighted by molar-refractivity contribution is 5.94. The minimum Gasteiger partial charge on any atom is -0.507 e. The Hall–Kier alpha value is -4.04. The van der Waals surface area contributed by atoms with E-state index in [1.54, 1.807) is 12.1 Å². The van der Waals surface area contributed by atoms with Gasteiger partial charge in [0.25, 0.3) is 0 Å². The molecule has 0 spiro atoms. The lowest BCUT2D eigenvalue weighted by Gasteiger charge is -2.17. The lowest BCUT2D eigenvalue weighted by atomic mass is 9.86. The van der Waals surface area contributed by atoms with Gasteiger partial charge in [-0.3, -0.25) is 0 Å². The van der Waals surface area contributed by atoms with Gasteiger partial charge in [-0.2, -0.15) is 0 Å². The van der Waals surface area contributed by atoms with Gasteiger partial charge >= 0.3 is 0 Å². The molecule has 1 aliphatic rings. The van der Waals surface area contributed by atoms with Crippen molar-refractivity contribution in [2.24, 2.45) is 0 Å². The Bertz CT molecular complexity index is 1420. The second-order valence-corrected chi connectivity index (χ2v) is 8.40. The molecule has 0 aliphatic heterocycles. The molecule has 162 valence electrons. The van der Waals surface area contributed by atoms with Gasteiger partial charge in [-0.05, 0) is 89.0 Å². The minimum absolute atomic E-state index is 0.270. The number of phenolic OH excluding ortho intramolecular Hbond substituents is 2. The average Bonchev–Trinajstić information content (AvgIpc) is 3.20. The maximum Gasteiger partial charge on any atom is 0.122 e. The molecule has 4 aromatic rings. The molecule has 0 saturated heterocycles. The molecule has 2 N–H and O–H groups in total. The van der Waals surface area contributed by atoms with Gasteiger partial charge < -0.3 is 10.2 Å². The third-order valence-corrected chi connectivity index (χ3v) is 6.33. The molecule has 0 atom stereocenters. The van der Waals surface area contributed by atoms with Crippen molar-refractivity contribution in [1.29, 1.82) is 0 Å². The summed E-state index contributed by atoms with van der Waals surface area (Å²) in [5.74, 6) is 0.543. The molecule has 33 heavy (non-hydrogen) atoms. The van der Waals surface area contributed by atoms with E-state index in [9.17, 15) is 10.2 Å². The van der Waals surface area contributed by atoms with Crippen LogP contribution in [0, 0.1) is 0 Å². The summed E-state index contributed by atoms with van der Waals surface area (Å²) in [7, 11) is 0. The Morgan fingerprint density at radius 3 is 1.94 bits per heavy atom. The van der Waals surface area contributed by atoms with Gasteiger partial charge in [-0.1, -0.05) is 72.8 Å². The second-order valence-electron chi connectivity index (χ2n) is 8.40. The fourth-order valence-corrected chi connectivity index (χ4v) is 4.84. The number of phenols is 2. The predicted molar refractivity (Wildman–Crippen MR) is 138 cm³/mol. The van der Waals surface area contributed by atoms with Crippen LogP contribution in [0.3, 0.4) is 0 Å². The van der Waals surface area contributed by atoms with E-state index >= 15 is 0 Å². The van der Waals surface area contributed by atoms with Crippen molar-refractivity contribution in [1.82, 2.24) is 0 Å². The number of hydrogen-bond acceptors (Lipinski definition) is 2. The van der Waals surface area contributed by atoms with Gasteiger partial charge in [0.15, 0.2) is 0 Å². The summed E-state index contributed by atoms with van der Waals surface area (Å²) < 4.78 is 0. The Morgan fingerprint density at radius 2 is 1.24 bits per heavy atom. The van der Waals surface area contributed by atoms with E-state index in [0.29, 0.717) is 0 Å². The van der Waals surface area contributed by atoms with Crippen molar-refractivity contribution in [3.63, 3.8) is 0 Å². The maximum absolute atomic E-state index is 10.4. The average molecular weight is 431 g/mol. The van der Waals surface area contributed by atoms with Gasteiger partial charge in [-0.15, -0.1) is 0 Å². The first kappa shape index (κ1) is 20.8. The standard InChI is InChI=1S/C31H26O2/c1-3-7-22-17-21(11-15-29(22)32)26-13-14-27-25-10-6-5-9-20(25)19-28(27)31(26)24-12-16-30(33)23(18-24)8-4-2/h3-18,32-33H,19H2,1-2H3. The molecule has 4 aromatic carbocycles. The topological polar surface area (TPSA) is 40.5 Å². The van der Waals surface area contributed by atoms with E-state index in [1.165, 1.54) is 27.8 Å². The lowest BCUT2D eigenvalue weighted by Crippen LogP contribution is -1.94. The lowest BCUT2D eigenvalue weighted by molar-refractivity contribution is 0.473. The largest absolute Gasteiger partial charge is 0.507 e. The van der Waals surface area contributed by atoms with Gasteiger partial charge in [0, 0.05) is 11.1 Å². The fraction of sp³-hybridized carbons (Fsp3) is 0.0968. The van der Waals surface area contributed by atoms with E-state index in [4.69, 9.17) is 0 Å². The van der Waals surface area contributed by atoms with Crippen molar-refractivity contribution in [3.05, 3.63) is 107 Å². The highest BCUT2D eigenvalue weighted by Gasteiger charge is 2.24. The number of allylic oxidation sites excluding steroid dienone is 2. The van der Waals surface area contributed by atoms with Crippen molar-refractivity contribution >= 4 is 12.2 Å². The molecule has 0 saturated carbocycles. The zero-order valence-electron chi connectivity index (χ0n) is 18.8. The molecular formula is C31H26O2. The van der Waals surface area contributed by atoms with Crippen LogP contribution in [-0.4, -0.2) is 10.2 Å². The molecule has 0 heterocycles. The highest BCUT2D eigenvalue weighted by Crippen LogP contribution is 2.47. The molecule has 0 aromatic heterocycles. The predicted octanol–water partition coefficient (Wildman–Crippen LogP) is 8.07. The van der Waals surface area contributed by atoms with E-state index in [1.807, 2.05) is 56.4 Å². The maximum atomic E-state index is 10.4. The van der Waals surface area contributed by atoms with Crippen molar-refractivity contribution in [2.75, 3.05) is 0 Å². The summed E-state index contributed by atoms with van der Waals surface area (Å²) in [6.45, 7) is 3.90. The van der Waals surface area contributed by atoms with Gasteiger partial charge in [0.1, 0.15) is 11.5 Å². The summed E-state index contributed by atoms with van der Waals surface area (Å²) in [4.78, 5) is 0. The smallest absolute Gasteiger partial charge is 0.122 e. The summed E-state index contributed by atoms with van der Waals surface area (Å²) >= 11 is 0. The van der Waals surface area contributed by atoms with Gasteiger partial charge in [-0.25, -0.2) is 0 Å². The van der Waals surface area contributed by atoms with Gasteiger partial charge in [0.2, 0.25) is 0 Å². The van der Waals surface area contributed by atoms with Crippen LogP contribution in [-0.2, 0) is 6.42 Å². The number of aromatic hydroxyl groups is 2. The van der Waals surface area contributed by atoms with Crippen LogP contribution in [0.4, 0.5) is 0 Å². The van der Waals surface area contributed by atoms with Crippen molar-refractivity contribution in [2.45, 2.75) is 20.3 Å². The Morgan fingerprint density at radius 1 is 0.636 bits per heavy atom. The summed E-state index contributed by atoms with van der Waals surface area (Å²) in [6.07, 6.45) is 8.60. The quantitative estimate of drug-likeness (QED) is 0.303.